The van der Waals surface area contributed by atoms with E-state index in [2.05, 4.69) is 21.4 Å². The number of hydrazine groups is 1. The van der Waals surface area contributed by atoms with Crippen LogP contribution in [0.25, 0.3) is 0 Å². The molecular weight excluding hydrogens is 300 g/mol. The van der Waals surface area contributed by atoms with E-state index in [1.165, 1.54) is 0 Å². The van der Waals surface area contributed by atoms with Gasteiger partial charge in [0, 0.05) is 17.1 Å². The molecule has 0 aromatic heterocycles. The van der Waals surface area contributed by atoms with Crippen molar-refractivity contribution in [2.24, 2.45) is 5.84 Å². The van der Waals surface area contributed by atoms with Crippen LogP contribution >= 0.6 is 15.9 Å². The highest BCUT2D eigenvalue weighted by molar-refractivity contribution is 9.10. The maximum absolute atomic E-state index is 11.3. The number of rotatable bonds is 6. The van der Waals surface area contributed by atoms with Gasteiger partial charge in [0.15, 0.2) is 0 Å². The van der Waals surface area contributed by atoms with Crippen molar-refractivity contribution in [2.75, 3.05) is 13.7 Å². The molecule has 0 spiro atoms. The van der Waals surface area contributed by atoms with Gasteiger partial charge >= 0.3 is 0 Å². The minimum absolute atomic E-state index is 0.0221. The minimum Gasteiger partial charge on any atom is -0.382 e. The fraction of sp³-hybridized carbons (Fsp3) is 0.417. The highest BCUT2D eigenvalue weighted by Gasteiger charge is 2.08. The lowest BCUT2D eigenvalue weighted by atomic mass is 10.1. The summed E-state index contributed by atoms with van der Waals surface area (Å²) in [6.07, 6.45) is 0.0221. The zero-order valence-electron chi connectivity index (χ0n) is 10.4. The van der Waals surface area contributed by atoms with E-state index in [0.717, 1.165) is 10.0 Å². The van der Waals surface area contributed by atoms with Crippen LogP contribution in [-0.4, -0.2) is 25.7 Å². The Morgan fingerprint density at radius 2 is 2.28 bits per heavy atom. The van der Waals surface area contributed by atoms with Crippen molar-refractivity contribution >= 4 is 21.8 Å². The molecule has 0 saturated carbocycles. The van der Waals surface area contributed by atoms with Gasteiger partial charge in [0.25, 0.3) is 5.91 Å². The molecule has 3 N–H and O–H groups in total. The van der Waals surface area contributed by atoms with E-state index in [1.54, 1.807) is 19.2 Å². The van der Waals surface area contributed by atoms with Gasteiger partial charge in [0.2, 0.25) is 0 Å². The molecule has 0 saturated heterocycles. The summed E-state index contributed by atoms with van der Waals surface area (Å²) in [7, 11) is 1.63. The van der Waals surface area contributed by atoms with E-state index in [-0.39, 0.29) is 12.0 Å². The van der Waals surface area contributed by atoms with Crippen molar-refractivity contribution in [1.82, 2.24) is 5.43 Å². The maximum Gasteiger partial charge on any atom is 0.265 e. The summed E-state index contributed by atoms with van der Waals surface area (Å²) in [5, 5.41) is 0. The molecule has 6 heteroatoms. The van der Waals surface area contributed by atoms with Crippen LogP contribution in [-0.2, 0) is 16.1 Å². The number of hydrogen-bond donors (Lipinski definition) is 2. The number of ether oxygens (including phenoxy) is 2. The Kier molecular flexibility index (Phi) is 6.28. The number of nitrogen functional groups attached to an aromatic ring is 1. The van der Waals surface area contributed by atoms with E-state index in [0.29, 0.717) is 18.8 Å². The third kappa shape index (κ3) is 4.38. The Bertz CT molecular complexity index is 412. The van der Waals surface area contributed by atoms with Crippen molar-refractivity contribution in [3.8, 4) is 0 Å². The quantitative estimate of drug-likeness (QED) is 0.475. The second-order valence-electron chi connectivity index (χ2n) is 3.86. The predicted molar refractivity (Wildman–Crippen MR) is 71.9 cm³/mol. The molecule has 1 aromatic carbocycles. The number of methoxy groups -OCH3 is 1. The number of nitrogens with two attached hydrogens (primary N) is 1. The van der Waals surface area contributed by atoms with Gasteiger partial charge in [-0.25, -0.2) is 5.84 Å². The molecule has 18 heavy (non-hydrogen) atoms. The fourth-order valence-corrected chi connectivity index (χ4v) is 1.90. The Hall–Kier alpha value is -0.950. The molecule has 0 fully saturated rings. The molecule has 100 valence electrons. The van der Waals surface area contributed by atoms with Crippen molar-refractivity contribution in [3.05, 3.63) is 33.8 Å². The van der Waals surface area contributed by atoms with Gasteiger partial charge < -0.3 is 9.47 Å². The molecule has 0 aliphatic rings. The topological polar surface area (TPSA) is 73.6 Å². The lowest BCUT2D eigenvalue weighted by Crippen LogP contribution is -2.29. The third-order valence-corrected chi connectivity index (χ3v) is 3.11. The number of benzene rings is 1. The lowest BCUT2D eigenvalue weighted by Gasteiger charge is -2.13. The Balaban J connectivity index is 2.65. The SMILES string of the molecule is COCC(C)OCc1ccc(C(=O)NN)cc1Br. The van der Waals surface area contributed by atoms with E-state index in [4.69, 9.17) is 15.3 Å². The summed E-state index contributed by atoms with van der Waals surface area (Å²) < 4.78 is 11.4. The van der Waals surface area contributed by atoms with Crippen LogP contribution in [0, 0.1) is 0 Å². The molecule has 1 rings (SSSR count). The molecule has 5 nitrogen and oxygen atoms in total. The molecule has 1 unspecified atom stereocenters. The highest BCUT2D eigenvalue weighted by Crippen LogP contribution is 2.20. The van der Waals surface area contributed by atoms with Gasteiger partial charge in [-0.3, -0.25) is 10.2 Å². The zero-order chi connectivity index (χ0) is 13.5. The van der Waals surface area contributed by atoms with E-state index in [9.17, 15) is 4.79 Å². The average molecular weight is 317 g/mol. The second-order valence-corrected chi connectivity index (χ2v) is 4.71. The summed E-state index contributed by atoms with van der Waals surface area (Å²) in [4.78, 5) is 11.3. The number of amides is 1. The number of halogens is 1. The molecule has 0 aliphatic heterocycles. The summed E-state index contributed by atoms with van der Waals surface area (Å²) in [6, 6.07) is 5.24. The molecule has 0 bridgehead atoms. The van der Waals surface area contributed by atoms with Gasteiger partial charge in [-0.15, -0.1) is 0 Å². The maximum atomic E-state index is 11.3. The normalized spacial score (nSPS) is 12.2. The van der Waals surface area contributed by atoms with Crippen LogP contribution in [0.3, 0.4) is 0 Å². The van der Waals surface area contributed by atoms with Crippen molar-refractivity contribution < 1.29 is 14.3 Å². The van der Waals surface area contributed by atoms with Gasteiger partial charge in [0.05, 0.1) is 19.3 Å². The third-order valence-electron chi connectivity index (χ3n) is 2.37. The van der Waals surface area contributed by atoms with Crippen LogP contribution in [0.4, 0.5) is 0 Å². The summed E-state index contributed by atoms with van der Waals surface area (Å²) in [5.41, 5.74) is 3.55. The van der Waals surface area contributed by atoms with Crippen molar-refractivity contribution in [3.63, 3.8) is 0 Å². The summed E-state index contributed by atoms with van der Waals surface area (Å²) in [6.45, 7) is 2.94. The smallest absolute Gasteiger partial charge is 0.265 e. The zero-order valence-corrected chi connectivity index (χ0v) is 12.0. The monoisotopic (exact) mass is 316 g/mol. The predicted octanol–water partition coefficient (Wildman–Crippen LogP) is 1.60. The Labute approximate surface area is 115 Å². The van der Waals surface area contributed by atoms with Crippen molar-refractivity contribution in [1.29, 1.82) is 0 Å². The average Bonchev–Trinajstić information content (AvgIpc) is 2.36. The standard InChI is InChI=1S/C12H17BrN2O3/c1-8(6-17-2)18-7-10-4-3-9(5-11(10)13)12(16)15-14/h3-5,8H,6-7,14H2,1-2H3,(H,15,16). The lowest BCUT2D eigenvalue weighted by molar-refractivity contribution is -0.000333. The van der Waals surface area contributed by atoms with E-state index >= 15 is 0 Å². The highest BCUT2D eigenvalue weighted by atomic mass is 79.9. The second kappa shape index (κ2) is 7.48. The Morgan fingerprint density at radius 3 is 2.83 bits per heavy atom. The molecule has 1 aromatic rings. The fourth-order valence-electron chi connectivity index (χ4n) is 1.40. The van der Waals surface area contributed by atoms with Crippen LogP contribution in [0.15, 0.2) is 22.7 Å². The molecular formula is C12H17BrN2O3. The van der Waals surface area contributed by atoms with Crippen LogP contribution in [0.5, 0.6) is 0 Å². The minimum atomic E-state index is -0.323. The van der Waals surface area contributed by atoms with Gasteiger partial charge in [0.1, 0.15) is 0 Å². The van der Waals surface area contributed by atoms with Crippen molar-refractivity contribution in [2.45, 2.75) is 19.6 Å². The van der Waals surface area contributed by atoms with Crippen LogP contribution in [0.1, 0.15) is 22.8 Å². The number of carbonyl (C=O) groups excluding carboxylic acids is 1. The first kappa shape index (κ1) is 15.1. The van der Waals surface area contributed by atoms with Gasteiger partial charge in [-0.05, 0) is 24.6 Å². The number of carbonyl (C=O) groups is 1. The largest absolute Gasteiger partial charge is 0.382 e. The molecule has 1 amide bonds. The Morgan fingerprint density at radius 1 is 1.56 bits per heavy atom. The molecule has 1 atom stereocenters. The van der Waals surface area contributed by atoms with Crippen LogP contribution in [0.2, 0.25) is 0 Å². The first-order chi connectivity index (χ1) is 8.58. The van der Waals surface area contributed by atoms with E-state index < -0.39 is 0 Å². The van der Waals surface area contributed by atoms with Crippen LogP contribution < -0.4 is 11.3 Å². The first-order valence-electron chi connectivity index (χ1n) is 5.48. The number of hydrogen-bond acceptors (Lipinski definition) is 4. The molecule has 0 heterocycles. The summed E-state index contributed by atoms with van der Waals surface area (Å²) >= 11 is 3.40. The van der Waals surface area contributed by atoms with E-state index in [1.807, 2.05) is 13.0 Å². The van der Waals surface area contributed by atoms with Gasteiger partial charge in [-0.1, -0.05) is 22.0 Å². The van der Waals surface area contributed by atoms with Gasteiger partial charge in [-0.2, -0.15) is 0 Å². The number of nitrogens with one attached hydrogen (secondary N) is 1. The first-order valence-corrected chi connectivity index (χ1v) is 6.27. The molecule has 0 aliphatic carbocycles. The summed E-state index contributed by atoms with van der Waals surface area (Å²) in [5.74, 6) is 4.75. The molecule has 0 radical (unpaired) electrons.